The predicted molar refractivity (Wildman–Crippen MR) is 78.0 cm³/mol. The van der Waals surface area contributed by atoms with E-state index in [4.69, 9.17) is 9.47 Å². The third-order valence-corrected chi connectivity index (χ3v) is 4.57. The molecule has 19 heavy (non-hydrogen) atoms. The van der Waals surface area contributed by atoms with Crippen molar-refractivity contribution in [3.05, 3.63) is 38.3 Å². The van der Waals surface area contributed by atoms with Crippen molar-refractivity contribution in [1.29, 1.82) is 0 Å². The van der Waals surface area contributed by atoms with E-state index >= 15 is 0 Å². The maximum Gasteiger partial charge on any atom is 0.231 e. The van der Waals surface area contributed by atoms with E-state index in [2.05, 4.69) is 31.6 Å². The number of aryl methyl sites for hydroxylation is 1. The molecule has 0 amide bonds. The molecule has 0 fully saturated rings. The first-order valence-electron chi connectivity index (χ1n) is 5.87. The second-order valence-corrected chi connectivity index (χ2v) is 6.03. The molecule has 0 aliphatic carbocycles. The lowest BCUT2D eigenvalue weighted by atomic mass is 10.1. The summed E-state index contributed by atoms with van der Waals surface area (Å²) in [6.07, 6.45) is 0. The number of rotatable bonds is 3. The van der Waals surface area contributed by atoms with Crippen LogP contribution in [0.25, 0.3) is 0 Å². The highest BCUT2D eigenvalue weighted by Crippen LogP contribution is 2.42. The molecule has 0 radical (unpaired) electrons. The number of thiazole rings is 1. The Hall–Kier alpha value is -1.11. The fraction of sp³-hybridized carbons (Fsp3) is 0.308. The van der Waals surface area contributed by atoms with Gasteiger partial charge in [-0.1, -0.05) is 0 Å². The number of nitrogens with zero attached hydrogens (tertiary/aromatic N) is 1. The first-order valence-corrected chi connectivity index (χ1v) is 7.54. The molecule has 2 aromatic rings. The molecule has 1 aromatic carbocycles. The van der Waals surface area contributed by atoms with E-state index in [1.807, 2.05) is 26.1 Å². The minimum absolute atomic E-state index is 0.0597. The molecule has 100 valence electrons. The van der Waals surface area contributed by atoms with Crippen LogP contribution in [0.2, 0.25) is 0 Å². The molecule has 1 aromatic heterocycles. The Morgan fingerprint density at radius 3 is 2.95 bits per heavy atom. The molecule has 1 aliphatic rings. The molecular formula is C13H13BrN2O2S. The Balaban J connectivity index is 2.02. The summed E-state index contributed by atoms with van der Waals surface area (Å²) in [5.41, 5.74) is 2.15. The van der Waals surface area contributed by atoms with Crippen molar-refractivity contribution in [1.82, 2.24) is 10.3 Å². The van der Waals surface area contributed by atoms with Gasteiger partial charge in [0.2, 0.25) is 6.79 Å². The zero-order chi connectivity index (χ0) is 13.4. The van der Waals surface area contributed by atoms with Crippen molar-refractivity contribution in [3.8, 4) is 11.5 Å². The van der Waals surface area contributed by atoms with E-state index in [0.717, 1.165) is 32.2 Å². The lowest BCUT2D eigenvalue weighted by Gasteiger charge is -2.15. The molecule has 2 heterocycles. The zero-order valence-electron chi connectivity index (χ0n) is 10.6. The van der Waals surface area contributed by atoms with Gasteiger partial charge in [0.15, 0.2) is 11.5 Å². The Morgan fingerprint density at radius 2 is 2.26 bits per heavy atom. The van der Waals surface area contributed by atoms with E-state index in [9.17, 15) is 0 Å². The van der Waals surface area contributed by atoms with Gasteiger partial charge in [0.25, 0.3) is 0 Å². The van der Waals surface area contributed by atoms with Crippen molar-refractivity contribution in [2.24, 2.45) is 0 Å². The highest BCUT2D eigenvalue weighted by molar-refractivity contribution is 9.10. The van der Waals surface area contributed by atoms with Gasteiger partial charge in [-0.25, -0.2) is 4.98 Å². The average molecular weight is 341 g/mol. The lowest BCUT2D eigenvalue weighted by Crippen LogP contribution is -2.17. The first-order chi connectivity index (χ1) is 9.19. The van der Waals surface area contributed by atoms with Gasteiger partial charge < -0.3 is 14.8 Å². The second kappa shape index (κ2) is 5.11. The van der Waals surface area contributed by atoms with Crippen LogP contribution < -0.4 is 14.8 Å². The van der Waals surface area contributed by atoms with Crippen molar-refractivity contribution in [2.75, 3.05) is 13.8 Å². The van der Waals surface area contributed by atoms with Gasteiger partial charge in [-0.3, -0.25) is 0 Å². The zero-order valence-corrected chi connectivity index (χ0v) is 13.0. The van der Waals surface area contributed by atoms with E-state index in [1.54, 1.807) is 11.3 Å². The Labute approximate surface area is 123 Å². The third kappa shape index (κ3) is 2.35. The SMILES string of the molecule is CNC(c1cc(Br)c2c(c1)OCO2)c1nc(C)cs1. The fourth-order valence-corrected chi connectivity index (χ4v) is 3.60. The molecule has 4 nitrogen and oxygen atoms in total. The molecule has 0 bridgehead atoms. The highest BCUT2D eigenvalue weighted by Gasteiger charge is 2.23. The minimum atomic E-state index is 0.0597. The molecule has 6 heteroatoms. The summed E-state index contributed by atoms with van der Waals surface area (Å²) in [7, 11) is 1.93. The summed E-state index contributed by atoms with van der Waals surface area (Å²) in [5, 5.41) is 6.40. The van der Waals surface area contributed by atoms with Gasteiger partial charge in [0.1, 0.15) is 5.01 Å². The lowest BCUT2D eigenvalue weighted by molar-refractivity contribution is 0.173. The second-order valence-electron chi connectivity index (χ2n) is 4.29. The standard InChI is InChI=1S/C13H13BrN2O2S/c1-7-5-19-13(16-7)11(15-2)8-3-9(14)12-10(4-8)17-6-18-12/h3-5,11,15H,6H2,1-2H3. The number of nitrogens with one attached hydrogen (secondary N) is 1. The van der Waals surface area contributed by atoms with Gasteiger partial charge in [0.05, 0.1) is 10.5 Å². The van der Waals surface area contributed by atoms with Crippen molar-refractivity contribution in [3.63, 3.8) is 0 Å². The van der Waals surface area contributed by atoms with Gasteiger partial charge in [0, 0.05) is 11.1 Å². The Bertz CT molecular complexity index is 615. The number of aromatic nitrogens is 1. The summed E-state index contributed by atoms with van der Waals surface area (Å²) in [6.45, 7) is 2.28. The minimum Gasteiger partial charge on any atom is -0.454 e. The van der Waals surface area contributed by atoms with Crippen LogP contribution in [0.3, 0.4) is 0 Å². The molecule has 3 rings (SSSR count). The van der Waals surface area contributed by atoms with E-state index in [-0.39, 0.29) is 12.8 Å². The van der Waals surface area contributed by atoms with Crippen LogP contribution in [0.1, 0.15) is 22.3 Å². The number of benzene rings is 1. The number of hydrogen-bond acceptors (Lipinski definition) is 5. The van der Waals surface area contributed by atoms with Crippen LogP contribution in [-0.4, -0.2) is 18.8 Å². The normalized spacial score (nSPS) is 14.7. The number of halogens is 1. The monoisotopic (exact) mass is 340 g/mol. The number of ether oxygens (including phenoxy) is 2. The smallest absolute Gasteiger partial charge is 0.231 e. The largest absolute Gasteiger partial charge is 0.454 e. The number of fused-ring (bicyclic) bond motifs is 1. The molecule has 1 N–H and O–H groups in total. The molecule has 1 atom stereocenters. The average Bonchev–Trinajstić information content (AvgIpc) is 2.99. The summed E-state index contributed by atoms with van der Waals surface area (Å²) < 4.78 is 11.8. The topological polar surface area (TPSA) is 43.4 Å². The Kier molecular flexibility index (Phi) is 3.47. The molecule has 0 saturated carbocycles. The fourth-order valence-electron chi connectivity index (χ4n) is 2.09. The van der Waals surface area contributed by atoms with Crippen LogP contribution >= 0.6 is 27.3 Å². The Morgan fingerprint density at radius 1 is 1.42 bits per heavy atom. The van der Waals surface area contributed by atoms with Gasteiger partial charge in [-0.2, -0.15) is 0 Å². The van der Waals surface area contributed by atoms with Crippen molar-refractivity contribution >= 4 is 27.3 Å². The quantitative estimate of drug-likeness (QED) is 0.931. The maximum absolute atomic E-state index is 5.46. The molecule has 1 aliphatic heterocycles. The maximum atomic E-state index is 5.46. The number of hydrogen-bond donors (Lipinski definition) is 1. The highest BCUT2D eigenvalue weighted by atomic mass is 79.9. The molecule has 1 unspecified atom stereocenters. The van der Waals surface area contributed by atoms with Crippen LogP contribution in [0.5, 0.6) is 11.5 Å². The molecular weight excluding hydrogens is 328 g/mol. The van der Waals surface area contributed by atoms with E-state index in [1.165, 1.54) is 0 Å². The van der Waals surface area contributed by atoms with Crippen molar-refractivity contribution < 1.29 is 9.47 Å². The molecule has 0 saturated heterocycles. The third-order valence-electron chi connectivity index (χ3n) is 2.96. The van der Waals surface area contributed by atoms with Crippen LogP contribution in [0, 0.1) is 6.92 Å². The van der Waals surface area contributed by atoms with Gasteiger partial charge in [-0.05, 0) is 47.6 Å². The predicted octanol–water partition coefficient (Wildman–Crippen LogP) is 3.25. The van der Waals surface area contributed by atoms with Gasteiger partial charge >= 0.3 is 0 Å². The summed E-state index contributed by atoms with van der Waals surface area (Å²) in [6, 6.07) is 4.11. The summed E-state index contributed by atoms with van der Waals surface area (Å²) in [5.74, 6) is 1.55. The summed E-state index contributed by atoms with van der Waals surface area (Å²) >= 11 is 5.18. The van der Waals surface area contributed by atoms with Gasteiger partial charge in [-0.15, -0.1) is 11.3 Å². The van der Waals surface area contributed by atoms with Crippen LogP contribution in [-0.2, 0) is 0 Å². The van der Waals surface area contributed by atoms with Crippen LogP contribution in [0.15, 0.2) is 22.0 Å². The van der Waals surface area contributed by atoms with Crippen LogP contribution in [0.4, 0.5) is 0 Å². The molecule has 0 spiro atoms. The van der Waals surface area contributed by atoms with E-state index < -0.39 is 0 Å². The first kappa shape index (κ1) is 12.9. The van der Waals surface area contributed by atoms with E-state index in [0.29, 0.717) is 0 Å². The summed E-state index contributed by atoms with van der Waals surface area (Å²) in [4.78, 5) is 4.55. The van der Waals surface area contributed by atoms with Crippen molar-refractivity contribution in [2.45, 2.75) is 13.0 Å².